The Morgan fingerprint density at radius 3 is 1.00 bits per heavy atom. The van der Waals surface area contributed by atoms with E-state index in [2.05, 4.69) is 4.52 Å². The van der Waals surface area contributed by atoms with Gasteiger partial charge in [0.05, 0.1) is 12.7 Å². The van der Waals surface area contributed by atoms with Crippen molar-refractivity contribution in [3.8, 4) is 0 Å². The van der Waals surface area contributed by atoms with Gasteiger partial charge in [-0.25, -0.2) is 4.57 Å². The van der Waals surface area contributed by atoms with Crippen molar-refractivity contribution in [3.63, 3.8) is 0 Å². The lowest BCUT2D eigenvalue weighted by Gasteiger charge is -2.44. The quantitative estimate of drug-likeness (QED) is 0.162. The minimum Gasteiger partial charge on any atom is -0.390 e. The van der Waals surface area contributed by atoms with Crippen LogP contribution in [0.2, 0.25) is 0 Å². The average molecular weight is 674 g/mol. The highest BCUT2D eigenvalue weighted by Crippen LogP contribution is 2.66. The molecule has 3 N–H and O–H groups in total. The van der Waals surface area contributed by atoms with Crippen LogP contribution in [0.5, 0.6) is 0 Å². The molecule has 1 atom stereocenters. The molecule has 0 heterocycles. The van der Waals surface area contributed by atoms with Gasteiger partial charge in [0.1, 0.15) is 0 Å². The van der Waals surface area contributed by atoms with Crippen LogP contribution in [0.3, 0.4) is 0 Å². The molecular weight excluding hydrogens is 666 g/mol. The van der Waals surface area contributed by atoms with Crippen LogP contribution in [-0.4, -0.2) is 87.1 Å². The van der Waals surface area contributed by atoms with E-state index in [9.17, 15) is 96.8 Å². The molecule has 242 valence electrons. The van der Waals surface area contributed by atoms with Gasteiger partial charge in [-0.05, 0) is 0 Å². The molecule has 0 saturated carbocycles. The first-order valence-electron chi connectivity index (χ1n) is 8.70. The highest BCUT2D eigenvalue weighted by atomic mass is 31.2. The summed E-state index contributed by atoms with van der Waals surface area (Å²) in [5.41, 5.74) is 0. The number of alkyl halides is 21. The van der Waals surface area contributed by atoms with Crippen molar-refractivity contribution in [3.05, 3.63) is 0 Å². The van der Waals surface area contributed by atoms with E-state index in [1.807, 2.05) is 0 Å². The molecule has 0 aliphatic rings. The molecule has 5 nitrogen and oxygen atoms in total. The summed E-state index contributed by atoms with van der Waals surface area (Å²) in [6.07, 6.45) is -15.1. The van der Waals surface area contributed by atoms with Gasteiger partial charge in [0.15, 0.2) is 0 Å². The Kier molecular flexibility index (Phi) is 9.75. The molecule has 0 fully saturated rings. The van der Waals surface area contributed by atoms with Crippen LogP contribution in [0, 0.1) is 0 Å². The van der Waals surface area contributed by atoms with Crippen LogP contribution in [0.25, 0.3) is 0 Å². The summed E-state index contributed by atoms with van der Waals surface area (Å²) in [4.78, 5) is 16.4. The fraction of sp³-hybridized carbons (Fsp3) is 1.00. The first kappa shape index (κ1) is 38.6. The van der Waals surface area contributed by atoms with E-state index >= 15 is 0 Å². The van der Waals surface area contributed by atoms with Crippen LogP contribution >= 0.6 is 7.82 Å². The van der Waals surface area contributed by atoms with Crippen LogP contribution < -0.4 is 0 Å². The molecule has 1 unspecified atom stereocenters. The lowest BCUT2D eigenvalue weighted by molar-refractivity contribution is -0.474. The normalized spacial score (nSPS) is 17.3. The Morgan fingerprint density at radius 1 is 0.500 bits per heavy atom. The van der Waals surface area contributed by atoms with Crippen molar-refractivity contribution in [1.29, 1.82) is 0 Å². The molecule has 0 aliphatic carbocycles. The lowest BCUT2D eigenvalue weighted by atomic mass is 9.85. The van der Waals surface area contributed by atoms with Crippen LogP contribution in [-0.2, 0) is 9.09 Å². The first-order chi connectivity index (χ1) is 16.9. The topological polar surface area (TPSA) is 87.0 Å². The standard InChI is InChI=1S/C13H8F21O5P/c14-4(15,1-3(35)2-39-40(36,37)38)5(16,17)6(18,19)7(20,21)8(22,23)9(24,25)10(26,27)11(28,29)12(30,31)13(32,33)34/h3,35H,1-2H2,(H2,36,37,38). The summed E-state index contributed by atoms with van der Waals surface area (Å²) < 4.78 is 291. The third-order valence-corrected chi connectivity index (χ3v) is 4.99. The molecule has 0 bridgehead atoms. The number of aliphatic hydroxyl groups is 1. The van der Waals surface area contributed by atoms with Gasteiger partial charge < -0.3 is 14.9 Å². The Bertz CT molecular complexity index is 953. The maximum atomic E-state index is 13.6. The van der Waals surface area contributed by atoms with E-state index in [-0.39, 0.29) is 0 Å². The smallest absolute Gasteiger partial charge is 0.390 e. The molecule has 0 rings (SSSR count). The summed E-state index contributed by atoms with van der Waals surface area (Å²) in [7, 11) is -5.78. The van der Waals surface area contributed by atoms with Crippen molar-refractivity contribution in [2.24, 2.45) is 0 Å². The number of phosphoric ester groups is 1. The van der Waals surface area contributed by atoms with Crippen molar-refractivity contribution >= 4 is 7.82 Å². The van der Waals surface area contributed by atoms with E-state index in [0.29, 0.717) is 0 Å². The zero-order valence-corrected chi connectivity index (χ0v) is 18.4. The third kappa shape index (κ3) is 5.65. The SMILES string of the molecule is O=P(O)(O)OCC(O)CC(F)(F)C(F)(F)C(F)(F)C(F)(F)C(F)(F)C(F)(F)C(F)(F)C(F)(F)C(F)(F)C(F)(F)F. The molecule has 0 aromatic rings. The molecule has 0 radical (unpaired) electrons. The molecule has 0 saturated heterocycles. The van der Waals surface area contributed by atoms with Crippen LogP contribution in [0.4, 0.5) is 92.2 Å². The second-order valence-corrected chi connectivity index (χ2v) is 8.68. The summed E-state index contributed by atoms with van der Waals surface area (Å²) >= 11 is 0. The molecule has 27 heteroatoms. The van der Waals surface area contributed by atoms with Crippen molar-refractivity contribution < 1.29 is 116 Å². The van der Waals surface area contributed by atoms with Gasteiger partial charge in [-0.3, -0.25) is 4.52 Å². The minimum absolute atomic E-state index is 2.25. The van der Waals surface area contributed by atoms with Gasteiger partial charge in [0.25, 0.3) is 0 Å². The van der Waals surface area contributed by atoms with Gasteiger partial charge in [0, 0.05) is 6.42 Å². The molecule has 40 heavy (non-hydrogen) atoms. The maximum Gasteiger partial charge on any atom is 0.469 e. The number of hydrogen-bond donors (Lipinski definition) is 3. The van der Waals surface area contributed by atoms with E-state index in [4.69, 9.17) is 14.9 Å². The average Bonchev–Trinajstić information content (AvgIpc) is 2.69. The van der Waals surface area contributed by atoms with Gasteiger partial charge in [-0.2, -0.15) is 92.2 Å². The minimum atomic E-state index is -9.30. The zero-order chi connectivity index (χ0) is 33.2. The lowest BCUT2D eigenvalue weighted by Crippen LogP contribution is -2.76. The van der Waals surface area contributed by atoms with E-state index in [1.54, 1.807) is 0 Å². The second-order valence-electron chi connectivity index (χ2n) is 7.44. The number of halogens is 21. The van der Waals surface area contributed by atoms with E-state index in [0.717, 1.165) is 0 Å². The van der Waals surface area contributed by atoms with Gasteiger partial charge in [-0.15, -0.1) is 0 Å². The number of hydrogen-bond acceptors (Lipinski definition) is 3. The Balaban J connectivity index is 6.82. The highest BCUT2D eigenvalue weighted by molar-refractivity contribution is 7.46. The number of aliphatic hydroxyl groups excluding tert-OH is 1. The van der Waals surface area contributed by atoms with Crippen molar-refractivity contribution in [2.45, 2.75) is 72.0 Å². The number of rotatable bonds is 13. The fourth-order valence-electron chi connectivity index (χ4n) is 2.26. The van der Waals surface area contributed by atoms with Crippen LogP contribution in [0.15, 0.2) is 0 Å². The van der Waals surface area contributed by atoms with Crippen molar-refractivity contribution in [2.75, 3.05) is 6.61 Å². The second kappa shape index (κ2) is 10.1. The summed E-state index contributed by atoms with van der Waals surface area (Å²) in [5, 5.41) is 8.88. The van der Waals surface area contributed by atoms with Gasteiger partial charge in [0.2, 0.25) is 0 Å². The van der Waals surface area contributed by atoms with E-state index < -0.39 is 86.4 Å². The molecule has 0 spiro atoms. The zero-order valence-electron chi connectivity index (χ0n) is 17.5. The Hall–Kier alpha value is -1.40. The number of phosphoric acid groups is 1. The highest BCUT2D eigenvalue weighted by Gasteiger charge is 2.97. The molecular formula is C13H8F21O5P. The van der Waals surface area contributed by atoms with Gasteiger partial charge in [-0.1, -0.05) is 0 Å². The Labute approximate surface area is 204 Å². The largest absolute Gasteiger partial charge is 0.469 e. The predicted octanol–water partition coefficient (Wildman–Crippen LogP) is 6.13. The molecule has 0 aliphatic heterocycles. The van der Waals surface area contributed by atoms with E-state index in [1.165, 1.54) is 0 Å². The summed E-state index contributed by atoms with van der Waals surface area (Å²) in [6.45, 7) is -2.25. The fourth-order valence-corrected chi connectivity index (χ4v) is 2.62. The third-order valence-electron chi connectivity index (χ3n) is 4.50. The predicted molar refractivity (Wildman–Crippen MR) is 79.2 cm³/mol. The first-order valence-corrected chi connectivity index (χ1v) is 10.2. The maximum absolute atomic E-state index is 13.6. The Morgan fingerprint density at radius 2 is 0.750 bits per heavy atom. The molecule has 0 aromatic heterocycles. The monoisotopic (exact) mass is 674 g/mol. The summed E-state index contributed by atoms with van der Waals surface area (Å²) in [6, 6.07) is 0. The van der Waals surface area contributed by atoms with Crippen LogP contribution in [0.1, 0.15) is 6.42 Å². The molecule has 0 aromatic carbocycles. The summed E-state index contributed by atoms with van der Waals surface area (Å²) in [5.74, 6) is -78.6. The van der Waals surface area contributed by atoms with Gasteiger partial charge >= 0.3 is 67.3 Å². The van der Waals surface area contributed by atoms with Crippen molar-refractivity contribution in [1.82, 2.24) is 0 Å². The molecule has 0 amide bonds.